The summed E-state index contributed by atoms with van der Waals surface area (Å²) in [5, 5.41) is 1.23. The highest BCUT2D eigenvalue weighted by Gasteiger charge is 2.27. The van der Waals surface area contributed by atoms with Gasteiger partial charge in [-0.05, 0) is 39.0 Å². The summed E-state index contributed by atoms with van der Waals surface area (Å²) in [6.07, 6.45) is 8.89. The summed E-state index contributed by atoms with van der Waals surface area (Å²) in [6, 6.07) is 0.959. The van der Waals surface area contributed by atoms with Gasteiger partial charge in [0, 0.05) is 23.5 Å². The number of aryl methyl sites for hydroxylation is 1. The van der Waals surface area contributed by atoms with E-state index in [9.17, 15) is 0 Å². The van der Waals surface area contributed by atoms with Crippen molar-refractivity contribution in [2.75, 3.05) is 11.4 Å². The molecule has 1 aromatic rings. The molecule has 0 aromatic carbocycles. The molecule has 2 aliphatic rings. The lowest BCUT2D eigenvalue weighted by molar-refractivity contribution is 0.572. The third-order valence-corrected chi connectivity index (χ3v) is 5.60. The van der Waals surface area contributed by atoms with E-state index in [0.29, 0.717) is 0 Å². The lowest BCUT2D eigenvalue weighted by atomic mass is 9.99. The highest BCUT2D eigenvalue weighted by Crippen LogP contribution is 2.38. The van der Waals surface area contributed by atoms with E-state index in [2.05, 4.69) is 11.8 Å². The zero-order valence-electron chi connectivity index (χ0n) is 11.2. The molecule has 1 aromatic heterocycles. The van der Waals surface area contributed by atoms with Crippen LogP contribution < -0.4 is 10.6 Å². The molecule has 18 heavy (non-hydrogen) atoms. The van der Waals surface area contributed by atoms with Crippen molar-refractivity contribution in [2.45, 2.75) is 64.0 Å². The Morgan fingerprint density at radius 1 is 1.28 bits per heavy atom. The number of nitrogens with zero attached hydrogens (tertiary/aromatic N) is 2. The van der Waals surface area contributed by atoms with E-state index in [4.69, 9.17) is 10.7 Å². The van der Waals surface area contributed by atoms with Crippen molar-refractivity contribution in [1.82, 2.24) is 4.98 Å². The first-order chi connectivity index (χ1) is 8.79. The molecule has 1 unspecified atom stereocenters. The lowest BCUT2D eigenvalue weighted by Crippen LogP contribution is -2.32. The van der Waals surface area contributed by atoms with Gasteiger partial charge in [0.25, 0.3) is 0 Å². The van der Waals surface area contributed by atoms with Crippen molar-refractivity contribution in [2.24, 2.45) is 5.73 Å². The van der Waals surface area contributed by atoms with Crippen molar-refractivity contribution >= 4 is 16.5 Å². The van der Waals surface area contributed by atoms with E-state index in [0.717, 1.165) is 25.4 Å². The SMILES string of the molecule is CCN(c1nc2c(s1)C(N)CCC2)C1CCCC1. The quantitative estimate of drug-likeness (QED) is 0.912. The largest absolute Gasteiger partial charge is 0.345 e. The van der Waals surface area contributed by atoms with Crippen LogP contribution >= 0.6 is 11.3 Å². The second kappa shape index (κ2) is 5.17. The maximum atomic E-state index is 6.21. The Morgan fingerprint density at radius 2 is 2.06 bits per heavy atom. The molecule has 1 atom stereocenters. The van der Waals surface area contributed by atoms with E-state index in [1.54, 1.807) is 0 Å². The first-order valence-electron chi connectivity index (χ1n) is 7.31. The molecule has 0 amide bonds. The van der Waals surface area contributed by atoms with Crippen LogP contribution in [0, 0.1) is 0 Å². The molecule has 0 bridgehead atoms. The third-order valence-electron chi connectivity index (χ3n) is 4.33. The molecule has 1 heterocycles. The number of fused-ring (bicyclic) bond motifs is 1. The van der Waals surface area contributed by atoms with Crippen LogP contribution in [0.2, 0.25) is 0 Å². The monoisotopic (exact) mass is 265 g/mol. The normalized spacial score (nSPS) is 24.2. The maximum absolute atomic E-state index is 6.21. The molecule has 3 rings (SSSR count). The Kier molecular flexibility index (Phi) is 3.57. The van der Waals surface area contributed by atoms with E-state index in [-0.39, 0.29) is 6.04 Å². The second-order valence-electron chi connectivity index (χ2n) is 5.53. The van der Waals surface area contributed by atoms with E-state index >= 15 is 0 Å². The van der Waals surface area contributed by atoms with Crippen LogP contribution in [0.15, 0.2) is 0 Å². The fourth-order valence-electron chi connectivity index (χ4n) is 3.33. The summed E-state index contributed by atoms with van der Waals surface area (Å²) < 4.78 is 0. The minimum atomic E-state index is 0.238. The van der Waals surface area contributed by atoms with Crippen LogP contribution in [0.3, 0.4) is 0 Å². The van der Waals surface area contributed by atoms with Gasteiger partial charge in [-0.2, -0.15) is 0 Å². The van der Waals surface area contributed by atoms with Gasteiger partial charge in [0.2, 0.25) is 0 Å². The van der Waals surface area contributed by atoms with Crippen LogP contribution in [0.1, 0.15) is 62.1 Å². The van der Waals surface area contributed by atoms with Crippen molar-refractivity contribution in [3.8, 4) is 0 Å². The first-order valence-corrected chi connectivity index (χ1v) is 8.13. The van der Waals surface area contributed by atoms with Gasteiger partial charge in [0.15, 0.2) is 5.13 Å². The fraction of sp³-hybridized carbons (Fsp3) is 0.786. The number of anilines is 1. The molecule has 0 saturated heterocycles. The molecule has 2 N–H and O–H groups in total. The fourth-order valence-corrected chi connectivity index (χ4v) is 4.61. The Labute approximate surface area is 113 Å². The van der Waals surface area contributed by atoms with Crippen LogP contribution in [0.25, 0.3) is 0 Å². The van der Waals surface area contributed by atoms with Gasteiger partial charge < -0.3 is 10.6 Å². The van der Waals surface area contributed by atoms with Gasteiger partial charge in [-0.1, -0.05) is 24.2 Å². The Bertz CT molecular complexity index is 409. The molecule has 1 fully saturated rings. The number of rotatable bonds is 3. The van der Waals surface area contributed by atoms with Crippen molar-refractivity contribution in [3.63, 3.8) is 0 Å². The van der Waals surface area contributed by atoms with Crippen molar-refractivity contribution in [1.29, 1.82) is 0 Å². The third kappa shape index (κ3) is 2.16. The van der Waals surface area contributed by atoms with Crippen LogP contribution in [0.5, 0.6) is 0 Å². The number of aromatic nitrogens is 1. The Morgan fingerprint density at radius 3 is 2.72 bits per heavy atom. The Hall–Kier alpha value is -0.610. The van der Waals surface area contributed by atoms with Gasteiger partial charge >= 0.3 is 0 Å². The molecule has 100 valence electrons. The van der Waals surface area contributed by atoms with E-state index < -0.39 is 0 Å². The predicted octanol–water partition coefficient (Wildman–Crippen LogP) is 3.25. The molecule has 2 aliphatic carbocycles. The molecule has 0 spiro atoms. The zero-order chi connectivity index (χ0) is 12.5. The molecule has 3 nitrogen and oxygen atoms in total. The van der Waals surface area contributed by atoms with Crippen LogP contribution in [-0.2, 0) is 6.42 Å². The zero-order valence-corrected chi connectivity index (χ0v) is 12.0. The minimum Gasteiger partial charge on any atom is -0.345 e. The average molecular weight is 265 g/mol. The Balaban J connectivity index is 1.86. The summed E-state index contributed by atoms with van der Waals surface area (Å²) in [5.41, 5.74) is 7.49. The minimum absolute atomic E-state index is 0.238. The number of thiazole rings is 1. The topological polar surface area (TPSA) is 42.2 Å². The van der Waals surface area contributed by atoms with Crippen molar-refractivity contribution in [3.05, 3.63) is 10.6 Å². The predicted molar refractivity (Wildman–Crippen MR) is 77.3 cm³/mol. The smallest absolute Gasteiger partial charge is 0.186 e. The molecule has 0 aliphatic heterocycles. The number of hydrogen-bond acceptors (Lipinski definition) is 4. The summed E-state index contributed by atoms with van der Waals surface area (Å²) in [4.78, 5) is 8.75. The van der Waals surface area contributed by atoms with Crippen LogP contribution in [0.4, 0.5) is 5.13 Å². The maximum Gasteiger partial charge on any atom is 0.186 e. The average Bonchev–Trinajstić information content (AvgIpc) is 3.00. The standard InChI is InChI=1S/C14H23N3S/c1-2-17(10-6-3-4-7-10)14-16-12-9-5-8-11(15)13(12)18-14/h10-11H,2-9,15H2,1H3. The van der Waals surface area contributed by atoms with Crippen LogP contribution in [-0.4, -0.2) is 17.6 Å². The first kappa shape index (κ1) is 12.4. The summed E-state index contributed by atoms with van der Waals surface area (Å²) in [6.45, 7) is 3.32. The summed E-state index contributed by atoms with van der Waals surface area (Å²) >= 11 is 1.85. The number of nitrogens with two attached hydrogens (primary N) is 1. The van der Waals surface area contributed by atoms with Gasteiger partial charge in [0.1, 0.15) is 0 Å². The lowest BCUT2D eigenvalue weighted by Gasteiger charge is -2.26. The van der Waals surface area contributed by atoms with Gasteiger partial charge in [-0.25, -0.2) is 4.98 Å². The molecular formula is C14H23N3S. The second-order valence-corrected chi connectivity index (χ2v) is 6.54. The number of hydrogen-bond donors (Lipinski definition) is 1. The van der Waals surface area contributed by atoms with Gasteiger partial charge in [-0.3, -0.25) is 0 Å². The molecule has 0 radical (unpaired) electrons. The highest BCUT2D eigenvalue weighted by molar-refractivity contribution is 7.15. The van der Waals surface area contributed by atoms with Gasteiger partial charge in [0.05, 0.1) is 5.69 Å². The van der Waals surface area contributed by atoms with E-state index in [1.807, 2.05) is 11.3 Å². The summed E-state index contributed by atoms with van der Waals surface area (Å²) in [7, 11) is 0. The molecule has 4 heteroatoms. The van der Waals surface area contributed by atoms with E-state index in [1.165, 1.54) is 47.8 Å². The molecule has 1 saturated carbocycles. The summed E-state index contributed by atoms with van der Waals surface area (Å²) in [5.74, 6) is 0. The van der Waals surface area contributed by atoms with Crippen molar-refractivity contribution < 1.29 is 0 Å². The molecular weight excluding hydrogens is 242 g/mol. The highest BCUT2D eigenvalue weighted by atomic mass is 32.1. The van der Waals surface area contributed by atoms with Gasteiger partial charge in [-0.15, -0.1) is 0 Å².